The number of nitrogens with one attached hydrogen (secondary N) is 3. The minimum atomic E-state index is -4.56. The largest absolute Gasteiger partial charge is 0.450 e. The summed E-state index contributed by atoms with van der Waals surface area (Å²) in [5, 5.41) is 16.7. The van der Waals surface area contributed by atoms with Crippen molar-refractivity contribution in [2.75, 3.05) is 18.5 Å². The van der Waals surface area contributed by atoms with Crippen molar-refractivity contribution in [1.29, 1.82) is 5.26 Å². The number of hydrogen-bond donors (Lipinski definition) is 3. The molecule has 1 atom stereocenters. The third kappa shape index (κ3) is 9.30. The van der Waals surface area contributed by atoms with E-state index in [0.717, 1.165) is 12.3 Å². The number of nitriles is 1. The SMILES string of the molecule is CCOC(=O)NC(=O)[C@@H](C#N)/C=N/NC(=O)CCCNc1ncc(C(F)(F)F)cc1Cl. The highest BCUT2D eigenvalue weighted by Gasteiger charge is 2.31. The molecule has 3 amide bonds. The molecule has 1 aromatic rings. The molecule has 0 aliphatic heterocycles. The summed E-state index contributed by atoms with van der Waals surface area (Å²) in [5.41, 5.74) is 1.12. The van der Waals surface area contributed by atoms with E-state index in [4.69, 9.17) is 16.9 Å². The number of halogens is 4. The van der Waals surface area contributed by atoms with Gasteiger partial charge in [0.25, 0.3) is 5.91 Å². The standard InChI is InChI=1S/C17H18ClF3N6O4/c1-2-31-16(30)26-15(29)10(7-22)8-25-27-13(28)4-3-5-23-14-12(18)6-11(9-24-14)17(19,20)21/h6,8-10H,2-5H2,1H3,(H,23,24)(H,27,28)(H,26,29,30)/b25-8+/t10-/m0/s1. The van der Waals surface area contributed by atoms with Gasteiger partial charge in [0.1, 0.15) is 5.82 Å². The van der Waals surface area contributed by atoms with E-state index in [2.05, 4.69) is 25.6 Å². The maximum absolute atomic E-state index is 12.6. The van der Waals surface area contributed by atoms with Gasteiger partial charge in [-0.15, -0.1) is 0 Å². The Kier molecular flexibility index (Phi) is 10.2. The number of hydrazone groups is 1. The number of alkyl carbamates (subject to hydrolysis) is 1. The molecule has 0 saturated heterocycles. The Labute approximate surface area is 179 Å². The Hall–Kier alpha value is -3.40. The van der Waals surface area contributed by atoms with Crippen LogP contribution in [0.2, 0.25) is 5.02 Å². The predicted molar refractivity (Wildman–Crippen MR) is 103 cm³/mol. The molecule has 0 fully saturated rings. The first-order valence-corrected chi connectivity index (χ1v) is 9.12. The Balaban J connectivity index is 2.40. The maximum Gasteiger partial charge on any atom is 0.417 e. The molecule has 1 heterocycles. The summed E-state index contributed by atoms with van der Waals surface area (Å²) in [6, 6.07) is 2.33. The van der Waals surface area contributed by atoms with Crippen molar-refractivity contribution in [1.82, 2.24) is 15.7 Å². The lowest BCUT2D eigenvalue weighted by Crippen LogP contribution is -2.36. The Morgan fingerprint density at radius 3 is 2.71 bits per heavy atom. The van der Waals surface area contributed by atoms with E-state index in [1.807, 2.05) is 5.32 Å². The lowest BCUT2D eigenvalue weighted by Gasteiger charge is -2.10. The predicted octanol–water partition coefficient (Wildman–Crippen LogP) is 2.46. The Morgan fingerprint density at radius 1 is 1.42 bits per heavy atom. The van der Waals surface area contributed by atoms with E-state index >= 15 is 0 Å². The molecule has 1 rings (SSSR count). The molecule has 0 unspecified atom stereocenters. The van der Waals surface area contributed by atoms with Crippen molar-refractivity contribution in [3.8, 4) is 6.07 Å². The summed E-state index contributed by atoms with van der Waals surface area (Å²) in [5.74, 6) is -2.91. The van der Waals surface area contributed by atoms with E-state index in [1.54, 1.807) is 6.07 Å². The van der Waals surface area contributed by atoms with Gasteiger partial charge in [-0.05, 0) is 19.4 Å². The summed E-state index contributed by atoms with van der Waals surface area (Å²) < 4.78 is 42.2. The molecule has 0 saturated carbocycles. The summed E-state index contributed by atoms with van der Waals surface area (Å²) in [6.45, 7) is 1.75. The molecule has 0 aromatic carbocycles. The molecule has 0 bridgehead atoms. The number of carbonyl (C=O) groups excluding carboxylic acids is 3. The molecule has 3 N–H and O–H groups in total. The summed E-state index contributed by atoms with van der Waals surface area (Å²) >= 11 is 5.75. The van der Waals surface area contributed by atoms with Crippen molar-refractivity contribution in [3.05, 3.63) is 22.8 Å². The molecular formula is C17H18ClF3N6O4. The second kappa shape index (κ2) is 12.3. The van der Waals surface area contributed by atoms with Crippen LogP contribution in [0, 0.1) is 17.2 Å². The minimum absolute atomic E-state index is 0.0329. The first kappa shape index (κ1) is 25.6. The number of hydrogen-bond acceptors (Lipinski definition) is 8. The van der Waals surface area contributed by atoms with Crippen molar-refractivity contribution in [2.45, 2.75) is 25.9 Å². The number of rotatable bonds is 9. The second-order valence-corrected chi connectivity index (χ2v) is 6.12. The number of aromatic nitrogens is 1. The Bertz CT molecular complexity index is 872. The highest BCUT2D eigenvalue weighted by molar-refractivity contribution is 6.32. The number of alkyl halides is 3. The molecule has 10 nitrogen and oxygen atoms in total. The highest BCUT2D eigenvalue weighted by Crippen LogP contribution is 2.32. The molecule has 0 radical (unpaired) electrons. The number of amides is 3. The first-order valence-electron chi connectivity index (χ1n) is 8.74. The van der Waals surface area contributed by atoms with Crippen LogP contribution in [0.25, 0.3) is 0 Å². The van der Waals surface area contributed by atoms with Crippen LogP contribution in [0.1, 0.15) is 25.3 Å². The topological polar surface area (TPSA) is 146 Å². The zero-order valence-corrected chi connectivity index (χ0v) is 16.9. The molecule has 168 valence electrons. The number of imide groups is 1. The molecule has 0 spiro atoms. The fourth-order valence-corrected chi connectivity index (χ4v) is 2.16. The van der Waals surface area contributed by atoms with Gasteiger partial charge < -0.3 is 10.1 Å². The number of nitrogens with zero attached hydrogens (tertiary/aromatic N) is 3. The van der Waals surface area contributed by atoms with Gasteiger partial charge in [-0.25, -0.2) is 15.2 Å². The van der Waals surface area contributed by atoms with Crippen molar-refractivity contribution >= 4 is 41.5 Å². The van der Waals surface area contributed by atoms with Gasteiger partial charge in [0.05, 0.1) is 29.5 Å². The number of pyridine rings is 1. The van der Waals surface area contributed by atoms with Crippen LogP contribution in [0.3, 0.4) is 0 Å². The molecule has 0 aliphatic rings. The molecule has 31 heavy (non-hydrogen) atoms. The van der Waals surface area contributed by atoms with Gasteiger partial charge in [-0.2, -0.15) is 23.5 Å². The van der Waals surface area contributed by atoms with Gasteiger partial charge in [0, 0.05) is 19.2 Å². The van der Waals surface area contributed by atoms with E-state index < -0.39 is 35.6 Å². The average Bonchev–Trinajstić information content (AvgIpc) is 2.68. The lowest BCUT2D eigenvalue weighted by molar-refractivity contribution is -0.137. The summed E-state index contributed by atoms with van der Waals surface area (Å²) in [4.78, 5) is 38.1. The highest BCUT2D eigenvalue weighted by atomic mass is 35.5. The van der Waals surface area contributed by atoms with E-state index in [-0.39, 0.29) is 36.8 Å². The number of carbonyl (C=O) groups is 3. The second-order valence-electron chi connectivity index (χ2n) is 5.71. The normalized spacial score (nSPS) is 12.0. The summed E-state index contributed by atoms with van der Waals surface area (Å²) in [6.07, 6.45) is -3.87. The van der Waals surface area contributed by atoms with Gasteiger partial charge in [-0.3, -0.25) is 14.9 Å². The van der Waals surface area contributed by atoms with Crippen molar-refractivity contribution in [2.24, 2.45) is 11.0 Å². The monoisotopic (exact) mass is 462 g/mol. The van der Waals surface area contributed by atoms with Crippen molar-refractivity contribution in [3.63, 3.8) is 0 Å². The molecule has 14 heteroatoms. The van der Waals surface area contributed by atoms with Crippen LogP contribution < -0.4 is 16.1 Å². The molecular weight excluding hydrogens is 445 g/mol. The van der Waals surface area contributed by atoms with Crippen molar-refractivity contribution < 1.29 is 32.3 Å². The van der Waals surface area contributed by atoms with Crippen LogP contribution >= 0.6 is 11.6 Å². The quantitative estimate of drug-likeness (QED) is 0.290. The smallest absolute Gasteiger partial charge is 0.417 e. The van der Waals surface area contributed by atoms with Gasteiger partial charge in [-0.1, -0.05) is 11.6 Å². The van der Waals surface area contributed by atoms with Crippen LogP contribution in [-0.2, 0) is 20.5 Å². The summed E-state index contributed by atoms with van der Waals surface area (Å²) in [7, 11) is 0. The van der Waals surface area contributed by atoms with Crippen LogP contribution in [0.4, 0.5) is 23.8 Å². The zero-order valence-electron chi connectivity index (χ0n) is 16.1. The fourth-order valence-electron chi connectivity index (χ4n) is 1.92. The van der Waals surface area contributed by atoms with Crippen LogP contribution in [-0.4, -0.2) is 42.3 Å². The first-order chi connectivity index (χ1) is 14.6. The third-order valence-corrected chi connectivity index (χ3v) is 3.66. The third-order valence-electron chi connectivity index (χ3n) is 3.38. The maximum atomic E-state index is 12.6. The Morgan fingerprint density at radius 2 is 2.13 bits per heavy atom. The minimum Gasteiger partial charge on any atom is -0.450 e. The van der Waals surface area contributed by atoms with E-state index in [1.165, 1.54) is 6.92 Å². The van der Waals surface area contributed by atoms with E-state index in [9.17, 15) is 27.6 Å². The van der Waals surface area contributed by atoms with Gasteiger partial charge >= 0.3 is 12.3 Å². The van der Waals surface area contributed by atoms with Crippen LogP contribution in [0.5, 0.6) is 0 Å². The lowest BCUT2D eigenvalue weighted by atomic mass is 10.2. The van der Waals surface area contributed by atoms with Crippen LogP contribution in [0.15, 0.2) is 17.4 Å². The van der Waals surface area contributed by atoms with Gasteiger partial charge in [0.2, 0.25) is 5.91 Å². The van der Waals surface area contributed by atoms with E-state index in [0.29, 0.717) is 6.20 Å². The number of ether oxygens (including phenoxy) is 1. The average molecular weight is 463 g/mol. The zero-order chi connectivity index (χ0) is 23.4. The molecule has 1 aromatic heterocycles. The molecule has 0 aliphatic carbocycles. The van der Waals surface area contributed by atoms with Gasteiger partial charge in [0.15, 0.2) is 5.92 Å². The fraction of sp³-hybridized carbons (Fsp3) is 0.412. The number of anilines is 1.